The second-order valence-corrected chi connectivity index (χ2v) is 9.20. The molecule has 0 spiro atoms. The van der Waals surface area contributed by atoms with Crippen molar-refractivity contribution >= 4 is 16.8 Å². The SMILES string of the molecule is Cc1[nH]c2ccccc2c1CC(=O)N[C@@H](Cc1ccccc1)c1nccn1-c1ccc(-c2nn[nH]n2)cc1. The van der Waals surface area contributed by atoms with E-state index in [-0.39, 0.29) is 18.4 Å². The van der Waals surface area contributed by atoms with Crippen LogP contribution in [-0.2, 0) is 17.6 Å². The van der Waals surface area contributed by atoms with Gasteiger partial charge in [0, 0.05) is 40.2 Å². The van der Waals surface area contributed by atoms with Gasteiger partial charge in [0.05, 0.1) is 12.5 Å². The van der Waals surface area contributed by atoms with E-state index in [1.54, 1.807) is 6.20 Å². The van der Waals surface area contributed by atoms with Crippen molar-refractivity contribution in [2.75, 3.05) is 0 Å². The van der Waals surface area contributed by atoms with Crippen LogP contribution < -0.4 is 5.32 Å². The van der Waals surface area contributed by atoms with E-state index >= 15 is 0 Å². The minimum atomic E-state index is -0.331. The van der Waals surface area contributed by atoms with E-state index in [2.05, 4.69) is 48.0 Å². The van der Waals surface area contributed by atoms with Gasteiger partial charge >= 0.3 is 0 Å². The van der Waals surface area contributed by atoms with Crippen molar-refractivity contribution in [2.45, 2.75) is 25.8 Å². The number of H-pyrrole nitrogens is 2. The van der Waals surface area contributed by atoms with E-state index in [4.69, 9.17) is 0 Å². The van der Waals surface area contributed by atoms with Crippen LogP contribution in [0.1, 0.15) is 28.7 Å². The highest BCUT2D eigenvalue weighted by molar-refractivity contribution is 5.90. The Bertz CT molecular complexity index is 1670. The van der Waals surface area contributed by atoms with E-state index in [0.29, 0.717) is 12.2 Å². The van der Waals surface area contributed by atoms with Crippen LogP contribution in [0.15, 0.2) is 91.3 Å². The number of rotatable bonds is 8. The topological polar surface area (TPSA) is 117 Å². The third kappa shape index (κ3) is 4.69. The van der Waals surface area contributed by atoms with Crippen molar-refractivity contribution in [1.82, 2.24) is 40.5 Å². The molecule has 3 aromatic carbocycles. The van der Waals surface area contributed by atoms with Crippen LogP contribution in [0, 0.1) is 6.92 Å². The number of aromatic amines is 2. The smallest absolute Gasteiger partial charge is 0.225 e. The number of nitrogens with one attached hydrogen (secondary N) is 3. The highest BCUT2D eigenvalue weighted by atomic mass is 16.1. The molecule has 0 radical (unpaired) electrons. The fourth-order valence-corrected chi connectivity index (χ4v) is 4.87. The summed E-state index contributed by atoms with van der Waals surface area (Å²) in [6, 6.07) is 25.7. The van der Waals surface area contributed by atoms with Gasteiger partial charge in [-0.05, 0) is 60.0 Å². The van der Waals surface area contributed by atoms with Gasteiger partial charge in [-0.15, -0.1) is 10.2 Å². The van der Waals surface area contributed by atoms with Gasteiger partial charge in [0.15, 0.2) is 0 Å². The highest BCUT2D eigenvalue weighted by Crippen LogP contribution is 2.25. The largest absolute Gasteiger partial charge is 0.358 e. The number of carbonyl (C=O) groups is 1. The van der Waals surface area contributed by atoms with E-state index in [9.17, 15) is 4.79 Å². The summed E-state index contributed by atoms with van der Waals surface area (Å²) in [5, 5.41) is 18.5. The summed E-state index contributed by atoms with van der Waals surface area (Å²) in [4.78, 5) is 21.5. The van der Waals surface area contributed by atoms with Crippen LogP contribution in [0.25, 0.3) is 28.0 Å². The molecule has 3 heterocycles. The first-order chi connectivity index (χ1) is 18.7. The average Bonchev–Trinajstić information content (AvgIpc) is 3.70. The zero-order valence-electron chi connectivity index (χ0n) is 20.8. The van der Waals surface area contributed by atoms with Gasteiger partial charge in [-0.3, -0.25) is 4.79 Å². The lowest BCUT2D eigenvalue weighted by molar-refractivity contribution is -0.121. The van der Waals surface area contributed by atoms with Gasteiger partial charge in [0.2, 0.25) is 11.7 Å². The first kappa shape index (κ1) is 23.4. The third-order valence-corrected chi connectivity index (χ3v) is 6.71. The van der Waals surface area contributed by atoms with E-state index in [1.807, 2.05) is 84.4 Å². The molecule has 0 unspecified atom stereocenters. The Balaban J connectivity index is 1.30. The predicted molar refractivity (Wildman–Crippen MR) is 145 cm³/mol. The molecule has 3 aromatic heterocycles. The number of fused-ring (bicyclic) bond motifs is 1. The third-order valence-electron chi connectivity index (χ3n) is 6.71. The fourth-order valence-electron chi connectivity index (χ4n) is 4.87. The highest BCUT2D eigenvalue weighted by Gasteiger charge is 2.22. The molecule has 9 heteroatoms. The number of tetrazole rings is 1. The predicted octanol–water partition coefficient (Wildman–Crippen LogP) is 4.48. The number of hydrogen-bond acceptors (Lipinski definition) is 5. The molecule has 0 aliphatic heterocycles. The number of carbonyl (C=O) groups excluding carboxylic acids is 1. The number of hydrogen-bond donors (Lipinski definition) is 3. The normalized spacial score (nSPS) is 12.0. The van der Waals surface area contributed by atoms with Crippen molar-refractivity contribution in [1.29, 1.82) is 0 Å². The lowest BCUT2D eigenvalue weighted by Gasteiger charge is -2.20. The second-order valence-electron chi connectivity index (χ2n) is 9.20. The molecule has 38 heavy (non-hydrogen) atoms. The summed E-state index contributed by atoms with van der Waals surface area (Å²) >= 11 is 0. The monoisotopic (exact) mass is 502 g/mol. The maximum absolute atomic E-state index is 13.4. The molecular formula is C29H26N8O. The molecule has 1 amide bonds. The Morgan fingerprint density at radius 1 is 1.00 bits per heavy atom. The lowest BCUT2D eigenvalue weighted by Crippen LogP contribution is -2.33. The Morgan fingerprint density at radius 2 is 1.79 bits per heavy atom. The molecule has 6 rings (SSSR count). The fraction of sp³-hybridized carbons (Fsp3) is 0.138. The van der Waals surface area contributed by atoms with Crippen LogP contribution in [0.2, 0.25) is 0 Å². The zero-order chi connectivity index (χ0) is 25.9. The Kier molecular flexibility index (Phi) is 6.23. The molecule has 188 valence electrons. The summed E-state index contributed by atoms with van der Waals surface area (Å²) < 4.78 is 2.00. The molecule has 0 saturated carbocycles. The number of para-hydroxylation sites is 1. The maximum Gasteiger partial charge on any atom is 0.225 e. The van der Waals surface area contributed by atoms with Crippen LogP contribution in [0.3, 0.4) is 0 Å². The Labute approximate surface area is 218 Å². The summed E-state index contributed by atoms with van der Waals surface area (Å²) in [5.74, 6) is 1.23. The first-order valence-corrected chi connectivity index (χ1v) is 12.4. The van der Waals surface area contributed by atoms with Gasteiger partial charge in [0.1, 0.15) is 5.82 Å². The molecule has 9 nitrogen and oxygen atoms in total. The number of aryl methyl sites for hydroxylation is 1. The van der Waals surface area contributed by atoms with Gasteiger partial charge in [-0.2, -0.15) is 5.21 Å². The van der Waals surface area contributed by atoms with Crippen LogP contribution in [0.5, 0.6) is 0 Å². The minimum absolute atomic E-state index is 0.0548. The van der Waals surface area contributed by atoms with Gasteiger partial charge in [-0.1, -0.05) is 48.5 Å². The number of nitrogens with zero attached hydrogens (tertiary/aromatic N) is 5. The lowest BCUT2D eigenvalue weighted by atomic mass is 10.0. The number of amides is 1. The van der Waals surface area contributed by atoms with Crippen LogP contribution in [0.4, 0.5) is 0 Å². The maximum atomic E-state index is 13.4. The number of aromatic nitrogens is 7. The molecule has 1 atom stereocenters. The Hall–Kier alpha value is -5.05. The molecule has 0 saturated heterocycles. The van der Waals surface area contributed by atoms with Gasteiger partial charge in [-0.25, -0.2) is 4.98 Å². The molecule has 0 bridgehead atoms. The van der Waals surface area contributed by atoms with Crippen molar-refractivity contribution in [3.05, 3.63) is 114 Å². The first-order valence-electron chi connectivity index (χ1n) is 12.4. The summed E-state index contributed by atoms with van der Waals surface area (Å²) in [6.45, 7) is 2.01. The van der Waals surface area contributed by atoms with Gasteiger partial charge in [0.25, 0.3) is 0 Å². The summed E-state index contributed by atoms with van der Waals surface area (Å²) in [7, 11) is 0. The average molecular weight is 503 g/mol. The van der Waals surface area contributed by atoms with Crippen molar-refractivity contribution in [3.63, 3.8) is 0 Å². The molecular weight excluding hydrogens is 476 g/mol. The zero-order valence-corrected chi connectivity index (χ0v) is 20.8. The van der Waals surface area contributed by atoms with Crippen LogP contribution >= 0.6 is 0 Å². The quantitative estimate of drug-likeness (QED) is 0.284. The van der Waals surface area contributed by atoms with E-state index in [1.165, 1.54) is 0 Å². The van der Waals surface area contributed by atoms with Crippen molar-refractivity contribution < 1.29 is 4.79 Å². The van der Waals surface area contributed by atoms with E-state index in [0.717, 1.165) is 44.8 Å². The molecule has 6 aromatic rings. The number of imidazole rings is 1. The summed E-state index contributed by atoms with van der Waals surface area (Å²) in [6.07, 6.45) is 4.56. The minimum Gasteiger partial charge on any atom is -0.358 e. The second kappa shape index (κ2) is 10.1. The van der Waals surface area contributed by atoms with Crippen molar-refractivity contribution in [3.8, 4) is 17.1 Å². The molecule has 0 aliphatic carbocycles. The standard InChI is InChI=1S/C29H26N8O/c1-19-24(23-9-5-6-10-25(23)31-19)18-27(38)32-26(17-20-7-3-2-4-8-20)29-30-15-16-37(29)22-13-11-21(12-14-22)28-33-35-36-34-28/h2-16,26,31H,17-18H2,1H3,(H,32,38)(H,33,34,35,36)/t26-/m0/s1. The van der Waals surface area contributed by atoms with Crippen LogP contribution in [-0.4, -0.2) is 41.1 Å². The van der Waals surface area contributed by atoms with E-state index < -0.39 is 0 Å². The van der Waals surface area contributed by atoms with Gasteiger partial charge < -0.3 is 14.9 Å². The molecule has 0 fully saturated rings. The Morgan fingerprint density at radius 3 is 2.58 bits per heavy atom. The molecule has 3 N–H and O–H groups in total. The van der Waals surface area contributed by atoms with Crippen molar-refractivity contribution in [2.24, 2.45) is 0 Å². The number of benzene rings is 3. The molecule has 0 aliphatic rings. The summed E-state index contributed by atoms with van der Waals surface area (Å²) in [5.41, 5.74) is 5.94.